The third-order valence-electron chi connectivity index (χ3n) is 3.44. The Labute approximate surface area is 104 Å². The molecule has 0 aromatic carbocycles. The van der Waals surface area contributed by atoms with Gasteiger partial charge in [0, 0.05) is 23.9 Å². The van der Waals surface area contributed by atoms with Gasteiger partial charge in [-0.2, -0.15) is 0 Å². The molecule has 94 valence electrons. The molecule has 1 atom stereocenters. The summed E-state index contributed by atoms with van der Waals surface area (Å²) in [7, 11) is 0. The highest BCUT2D eigenvalue weighted by atomic mass is 14.9. The minimum atomic E-state index is 0.232. The van der Waals surface area contributed by atoms with Crippen molar-refractivity contribution < 1.29 is 0 Å². The first-order valence-corrected chi connectivity index (χ1v) is 6.74. The first kappa shape index (κ1) is 12.5. The summed E-state index contributed by atoms with van der Waals surface area (Å²) in [5.41, 5.74) is 10.0. The predicted molar refractivity (Wildman–Crippen MR) is 69.8 cm³/mol. The van der Waals surface area contributed by atoms with Crippen LogP contribution in [0.2, 0.25) is 0 Å². The average Bonchev–Trinajstić information content (AvgIpc) is 2.28. The van der Waals surface area contributed by atoms with Crippen LogP contribution >= 0.6 is 0 Å². The van der Waals surface area contributed by atoms with Crippen LogP contribution in [-0.4, -0.2) is 16.0 Å². The number of hydrogen-bond acceptors (Lipinski definition) is 3. The lowest BCUT2D eigenvalue weighted by Crippen LogP contribution is -2.26. The summed E-state index contributed by atoms with van der Waals surface area (Å²) < 4.78 is 0. The summed E-state index contributed by atoms with van der Waals surface area (Å²) in [6.07, 6.45) is 8.47. The molecule has 0 amide bonds. The number of nitrogens with zero attached hydrogens (tertiary/aromatic N) is 2. The quantitative estimate of drug-likeness (QED) is 0.868. The number of aryl methyl sites for hydroxylation is 1. The second-order valence-electron chi connectivity index (χ2n) is 5.55. The summed E-state index contributed by atoms with van der Waals surface area (Å²) in [6, 6.07) is 0.232. The van der Waals surface area contributed by atoms with Gasteiger partial charge in [-0.1, -0.05) is 13.8 Å². The van der Waals surface area contributed by atoms with Crippen LogP contribution in [0.15, 0.2) is 6.33 Å². The molecular weight excluding hydrogens is 210 g/mol. The molecule has 0 bridgehead atoms. The van der Waals surface area contributed by atoms with E-state index in [1.165, 1.54) is 29.8 Å². The van der Waals surface area contributed by atoms with Crippen molar-refractivity contribution in [2.45, 2.75) is 58.4 Å². The third kappa shape index (κ3) is 3.25. The van der Waals surface area contributed by atoms with Gasteiger partial charge in [0.1, 0.15) is 6.33 Å². The van der Waals surface area contributed by atoms with Crippen LogP contribution in [0.25, 0.3) is 0 Å². The number of aromatic nitrogens is 2. The molecule has 1 aromatic rings. The standard InChI is InChI=1S/C14H23N3/c1-10(2)7-11(15)8-14-12-5-3-4-6-13(12)16-9-17-14/h9-11H,3-8,15H2,1-2H3. The van der Waals surface area contributed by atoms with Gasteiger partial charge in [-0.05, 0) is 43.6 Å². The van der Waals surface area contributed by atoms with Gasteiger partial charge in [0.2, 0.25) is 0 Å². The Morgan fingerprint density at radius 2 is 2.00 bits per heavy atom. The SMILES string of the molecule is CC(C)CC(N)Cc1ncnc2c1CCCC2. The van der Waals surface area contributed by atoms with Crippen LogP contribution in [0.4, 0.5) is 0 Å². The Kier molecular flexibility index (Phi) is 4.11. The highest BCUT2D eigenvalue weighted by Crippen LogP contribution is 2.22. The van der Waals surface area contributed by atoms with Crippen molar-refractivity contribution in [2.24, 2.45) is 11.7 Å². The first-order valence-electron chi connectivity index (χ1n) is 6.74. The Hall–Kier alpha value is -0.960. The van der Waals surface area contributed by atoms with Crippen molar-refractivity contribution >= 4 is 0 Å². The van der Waals surface area contributed by atoms with Gasteiger partial charge in [-0.15, -0.1) is 0 Å². The fourth-order valence-corrected chi connectivity index (χ4v) is 2.70. The van der Waals surface area contributed by atoms with Crippen LogP contribution < -0.4 is 5.73 Å². The van der Waals surface area contributed by atoms with Gasteiger partial charge in [0.15, 0.2) is 0 Å². The number of rotatable bonds is 4. The van der Waals surface area contributed by atoms with E-state index >= 15 is 0 Å². The fraction of sp³-hybridized carbons (Fsp3) is 0.714. The topological polar surface area (TPSA) is 51.8 Å². The lowest BCUT2D eigenvalue weighted by Gasteiger charge is -2.20. The molecule has 1 aliphatic carbocycles. The van der Waals surface area contributed by atoms with Crippen LogP contribution in [-0.2, 0) is 19.3 Å². The minimum absolute atomic E-state index is 0.232. The van der Waals surface area contributed by atoms with Crippen molar-refractivity contribution in [3.63, 3.8) is 0 Å². The Morgan fingerprint density at radius 1 is 1.24 bits per heavy atom. The van der Waals surface area contributed by atoms with Gasteiger partial charge in [0.05, 0.1) is 0 Å². The maximum atomic E-state index is 6.18. The molecule has 2 N–H and O–H groups in total. The summed E-state index contributed by atoms with van der Waals surface area (Å²) in [4.78, 5) is 8.84. The molecule has 17 heavy (non-hydrogen) atoms. The Balaban J connectivity index is 2.10. The summed E-state index contributed by atoms with van der Waals surface area (Å²) >= 11 is 0. The fourth-order valence-electron chi connectivity index (χ4n) is 2.70. The van der Waals surface area contributed by atoms with E-state index in [0.29, 0.717) is 5.92 Å². The number of hydrogen-bond donors (Lipinski definition) is 1. The molecule has 0 saturated heterocycles. The van der Waals surface area contributed by atoms with Gasteiger partial charge in [-0.25, -0.2) is 9.97 Å². The van der Waals surface area contributed by atoms with E-state index in [9.17, 15) is 0 Å². The molecule has 0 aliphatic heterocycles. The molecule has 3 heteroatoms. The maximum absolute atomic E-state index is 6.18. The van der Waals surface area contributed by atoms with E-state index in [2.05, 4.69) is 23.8 Å². The molecule has 3 nitrogen and oxygen atoms in total. The molecule has 1 aromatic heterocycles. The van der Waals surface area contributed by atoms with E-state index < -0.39 is 0 Å². The molecule has 0 saturated carbocycles. The van der Waals surface area contributed by atoms with Crippen LogP contribution in [0.3, 0.4) is 0 Å². The van der Waals surface area contributed by atoms with E-state index in [0.717, 1.165) is 25.7 Å². The van der Waals surface area contributed by atoms with Crippen molar-refractivity contribution in [1.82, 2.24) is 9.97 Å². The summed E-state index contributed by atoms with van der Waals surface area (Å²) in [5.74, 6) is 0.655. The van der Waals surface area contributed by atoms with E-state index in [1.54, 1.807) is 6.33 Å². The van der Waals surface area contributed by atoms with Crippen LogP contribution in [0.5, 0.6) is 0 Å². The van der Waals surface area contributed by atoms with E-state index in [4.69, 9.17) is 5.73 Å². The Morgan fingerprint density at radius 3 is 2.76 bits per heavy atom. The molecule has 1 aliphatic rings. The molecule has 0 radical (unpaired) electrons. The molecule has 0 spiro atoms. The van der Waals surface area contributed by atoms with Crippen molar-refractivity contribution in [2.75, 3.05) is 0 Å². The van der Waals surface area contributed by atoms with Gasteiger partial charge in [0.25, 0.3) is 0 Å². The van der Waals surface area contributed by atoms with E-state index in [1.807, 2.05) is 0 Å². The summed E-state index contributed by atoms with van der Waals surface area (Å²) in [6.45, 7) is 4.44. The molecule has 1 heterocycles. The molecular formula is C14H23N3. The lowest BCUT2D eigenvalue weighted by molar-refractivity contribution is 0.487. The smallest absolute Gasteiger partial charge is 0.115 e. The maximum Gasteiger partial charge on any atom is 0.115 e. The van der Waals surface area contributed by atoms with Gasteiger partial charge >= 0.3 is 0 Å². The Bertz CT molecular complexity index is 374. The third-order valence-corrected chi connectivity index (χ3v) is 3.44. The van der Waals surface area contributed by atoms with E-state index in [-0.39, 0.29) is 6.04 Å². The zero-order valence-electron chi connectivity index (χ0n) is 10.9. The van der Waals surface area contributed by atoms with Crippen molar-refractivity contribution in [3.8, 4) is 0 Å². The highest BCUT2D eigenvalue weighted by molar-refractivity contribution is 5.27. The van der Waals surface area contributed by atoms with Gasteiger partial charge < -0.3 is 5.73 Å². The average molecular weight is 233 g/mol. The second-order valence-corrected chi connectivity index (χ2v) is 5.55. The number of nitrogens with two attached hydrogens (primary N) is 1. The summed E-state index contributed by atoms with van der Waals surface area (Å²) in [5, 5.41) is 0. The monoisotopic (exact) mass is 233 g/mol. The predicted octanol–water partition coefficient (Wildman–Crippen LogP) is 2.27. The first-order chi connectivity index (χ1) is 8.16. The van der Waals surface area contributed by atoms with Crippen molar-refractivity contribution in [1.29, 1.82) is 0 Å². The normalized spacial score (nSPS) is 16.9. The van der Waals surface area contributed by atoms with Gasteiger partial charge in [-0.3, -0.25) is 0 Å². The minimum Gasteiger partial charge on any atom is -0.327 e. The molecule has 0 fully saturated rings. The molecule has 1 unspecified atom stereocenters. The lowest BCUT2D eigenvalue weighted by atomic mass is 9.91. The van der Waals surface area contributed by atoms with Crippen LogP contribution in [0, 0.1) is 5.92 Å². The second kappa shape index (κ2) is 5.58. The zero-order valence-corrected chi connectivity index (χ0v) is 10.9. The zero-order chi connectivity index (χ0) is 12.3. The largest absolute Gasteiger partial charge is 0.327 e. The van der Waals surface area contributed by atoms with Crippen LogP contribution in [0.1, 0.15) is 50.1 Å². The molecule has 2 rings (SSSR count). The number of fused-ring (bicyclic) bond motifs is 1. The van der Waals surface area contributed by atoms with Crippen molar-refractivity contribution in [3.05, 3.63) is 23.3 Å². The highest BCUT2D eigenvalue weighted by Gasteiger charge is 2.17.